The van der Waals surface area contributed by atoms with Crippen LogP contribution in [-0.2, 0) is 11.2 Å². The molecule has 4 heteroatoms. The lowest BCUT2D eigenvalue weighted by atomic mass is 9.91. The van der Waals surface area contributed by atoms with Crippen LogP contribution in [0.15, 0.2) is 22.7 Å². The van der Waals surface area contributed by atoms with Crippen molar-refractivity contribution in [3.63, 3.8) is 0 Å². The molecule has 0 spiro atoms. The fourth-order valence-corrected chi connectivity index (χ4v) is 3.03. The van der Waals surface area contributed by atoms with Gasteiger partial charge < -0.3 is 10.2 Å². The van der Waals surface area contributed by atoms with Crippen molar-refractivity contribution >= 4 is 21.8 Å². The summed E-state index contributed by atoms with van der Waals surface area (Å²) in [5.74, 6) is 0.227. The molecule has 1 N–H and O–H groups in total. The number of nitrogens with one attached hydrogen (secondary N) is 1. The number of halogens is 1. The third kappa shape index (κ3) is 1.57. The molecule has 1 amide bonds. The monoisotopic (exact) mass is 280 g/mol. The third-order valence-corrected chi connectivity index (χ3v) is 3.89. The predicted molar refractivity (Wildman–Crippen MR) is 65.2 cm³/mol. The van der Waals surface area contributed by atoms with Crippen molar-refractivity contribution in [2.75, 3.05) is 19.6 Å². The Kier molecular flexibility index (Phi) is 2.48. The maximum atomic E-state index is 11.8. The van der Waals surface area contributed by atoms with Crippen LogP contribution in [0.25, 0.3) is 0 Å². The standard InChI is InChI=1S/C12H13BrN2O/c13-9-1-2-10-8(5-9)3-4-15-11(10)6-14-7-12(15)16/h1-2,5,11,14H,3-4,6-7H2/t11-/m0/s1. The minimum Gasteiger partial charge on any atom is -0.333 e. The summed E-state index contributed by atoms with van der Waals surface area (Å²) in [7, 11) is 0. The van der Waals surface area contributed by atoms with E-state index < -0.39 is 0 Å². The van der Waals surface area contributed by atoms with Crippen molar-refractivity contribution in [2.45, 2.75) is 12.5 Å². The minimum absolute atomic E-state index is 0.227. The molecule has 0 aromatic heterocycles. The molecule has 0 radical (unpaired) electrons. The lowest BCUT2D eigenvalue weighted by molar-refractivity contribution is -0.135. The maximum Gasteiger partial charge on any atom is 0.237 e. The van der Waals surface area contributed by atoms with Gasteiger partial charge >= 0.3 is 0 Å². The first kappa shape index (κ1) is 10.3. The van der Waals surface area contributed by atoms with E-state index in [0.29, 0.717) is 6.54 Å². The second kappa shape index (κ2) is 3.86. The first-order valence-corrected chi connectivity index (χ1v) is 6.33. The number of carbonyl (C=O) groups is 1. The Morgan fingerprint density at radius 1 is 1.44 bits per heavy atom. The molecule has 2 heterocycles. The van der Waals surface area contributed by atoms with E-state index in [4.69, 9.17) is 0 Å². The Bertz CT molecular complexity index is 447. The van der Waals surface area contributed by atoms with Crippen LogP contribution >= 0.6 is 15.9 Å². The van der Waals surface area contributed by atoms with E-state index in [0.717, 1.165) is 24.0 Å². The summed E-state index contributed by atoms with van der Waals surface area (Å²) < 4.78 is 1.12. The topological polar surface area (TPSA) is 32.3 Å². The van der Waals surface area contributed by atoms with E-state index in [2.05, 4.69) is 39.4 Å². The second-order valence-electron chi connectivity index (χ2n) is 4.33. The first-order valence-electron chi connectivity index (χ1n) is 5.54. The van der Waals surface area contributed by atoms with Crippen LogP contribution in [0.4, 0.5) is 0 Å². The number of fused-ring (bicyclic) bond motifs is 3. The van der Waals surface area contributed by atoms with Gasteiger partial charge in [0.2, 0.25) is 5.91 Å². The molecule has 1 aromatic carbocycles. The van der Waals surface area contributed by atoms with Crippen LogP contribution in [0, 0.1) is 0 Å². The van der Waals surface area contributed by atoms with E-state index >= 15 is 0 Å². The predicted octanol–water partition coefficient (Wildman–Crippen LogP) is 1.48. The van der Waals surface area contributed by atoms with Gasteiger partial charge in [-0.2, -0.15) is 0 Å². The number of rotatable bonds is 0. The summed E-state index contributed by atoms with van der Waals surface area (Å²) in [4.78, 5) is 13.8. The summed E-state index contributed by atoms with van der Waals surface area (Å²) in [5.41, 5.74) is 2.67. The molecule has 3 nitrogen and oxygen atoms in total. The molecule has 1 atom stereocenters. The van der Waals surface area contributed by atoms with Crippen LogP contribution in [0.5, 0.6) is 0 Å². The molecular formula is C12H13BrN2O. The summed E-state index contributed by atoms with van der Waals surface area (Å²) in [5, 5.41) is 3.19. The fourth-order valence-electron chi connectivity index (χ4n) is 2.62. The number of carbonyl (C=O) groups excluding carboxylic acids is 1. The van der Waals surface area contributed by atoms with Crippen molar-refractivity contribution in [2.24, 2.45) is 0 Å². The zero-order valence-corrected chi connectivity index (χ0v) is 10.5. The molecule has 0 bridgehead atoms. The summed E-state index contributed by atoms with van der Waals surface area (Å²) in [6.07, 6.45) is 0.969. The number of piperazine rings is 1. The average Bonchev–Trinajstić information content (AvgIpc) is 2.28. The largest absolute Gasteiger partial charge is 0.333 e. The van der Waals surface area contributed by atoms with Crippen molar-refractivity contribution in [1.82, 2.24) is 10.2 Å². The Morgan fingerprint density at radius 3 is 3.19 bits per heavy atom. The molecule has 0 saturated carbocycles. The van der Waals surface area contributed by atoms with Gasteiger partial charge in [-0.1, -0.05) is 22.0 Å². The zero-order chi connectivity index (χ0) is 11.1. The maximum absolute atomic E-state index is 11.8. The molecule has 3 rings (SSSR count). The summed E-state index contributed by atoms with van der Waals surface area (Å²) in [6, 6.07) is 6.60. The highest BCUT2D eigenvalue weighted by Gasteiger charge is 2.33. The van der Waals surface area contributed by atoms with Gasteiger partial charge in [-0.05, 0) is 29.7 Å². The van der Waals surface area contributed by atoms with Gasteiger partial charge in [0, 0.05) is 17.6 Å². The molecule has 0 unspecified atom stereocenters. The summed E-state index contributed by atoms with van der Waals surface area (Å²) in [6.45, 7) is 2.22. The van der Waals surface area contributed by atoms with Crippen molar-refractivity contribution in [1.29, 1.82) is 0 Å². The van der Waals surface area contributed by atoms with Crippen molar-refractivity contribution in [3.05, 3.63) is 33.8 Å². The van der Waals surface area contributed by atoms with Crippen molar-refractivity contribution < 1.29 is 4.79 Å². The lowest BCUT2D eigenvalue weighted by Gasteiger charge is -2.40. The van der Waals surface area contributed by atoms with Crippen LogP contribution < -0.4 is 5.32 Å². The first-order chi connectivity index (χ1) is 7.75. The van der Waals surface area contributed by atoms with Gasteiger partial charge in [0.15, 0.2) is 0 Å². The molecule has 1 saturated heterocycles. The quantitative estimate of drug-likeness (QED) is 0.781. The molecule has 16 heavy (non-hydrogen) atoms. The number of hydrogen-bond acceptors (Lipinski definition) is 2. The van der Waals surface area contributed by atoms with Crippen LogP contribution in [0.1, 0.15) is 17.2 Å². The number of hydrogen-bond donors (Lipinski definition) is 1. The van der Waals surface area contributed by atoms with E-state index in [1.807, 2.05) is 4.90 Å². The average molecular weight is 281 g/mol. The number of amides is 1. The Hall–Kier alpha value is -0.870. The van der Waals surface area contributed by atoms with Crippen LogP contribution in [-0.4, -0.2) is 30.4 Å². The van der Waals surface area contributed by atoms with Crippen LogP contribution in [0.2, 0.25) is 0 Å². The molecule has 2 aliphatic heterocycles. The number of nitrogens with zero attached hydrogens (tertiary/aromatic N) is 1. The van der Waals surface area contributed by atoms with Gasteiger partial charge in [-0.3, -0.25) is 4.79 Å². The lowest BCUT2D eigenvalue weighted by Crippen LogP contribution is -2.52. The second-order valence-corrected chi connectivity index (χ2v) is 5.24. The van der Waals surface area contributed by atoms with Gasteiger partial charge in [-0.15, -0.1) is 0 Å². The zero-order valence-electron chi connectivity index (χ0n) is 8.87. The van der Waals surface area contributed by atoms with Gasteiger partial charge in [-0.25, -0.2) is 0 Å². The number of benzene rings is 1. The van der Waals surface area contributed by atoms with E-state index in [9.17, 15) is 4.79 Å². The fraction of sp³-hybridized carbons (Fsp3) is 0.417. The molecular weight excluding hydrogens is 268 g/mol. The van der Waals surface area contributed by atoms with Gasteiger partial charge in [0.25, 0.3) is 0 Å². The van der Waals surface area contributed by atoms with E-state index in [1.54, 1.807) is 0 Å². The Labute approximate surface area is 103 Å². The van der Waals surface area contributed by atoms with E-state index in [1.165, 1.54) is 11.1 Å². The molecule has 1 aromatic rings. The van der Waals surface area contributed by atoms with Gasteiger partial charge in [0.1, 0.15) is 0 Å². The molecule has 2 aliphatic rings. The Balaban J connectivity index is 2.02. The SMILES string of the molecule is O=C1CNC[C@H]2c3ccc(Br)cc3CCN12. The summed E-state index contributed by atoms with van der Waals surface area (Å²) >= 11 is 3.49. The normalized spacial score (nSPS) is 23.9. The highest BCUT2D eigenvalue weighted by molar-refractivity contribution is 9.10. The Morgan fingerprint density at radius 2 is 2.31 bits per heavy atom. The minimum atomic E-state index is 0.227. The molecule has 0 aliphatic carbocycles. The van der Waals surface area contributed by atoms with Crippen molar-refractivity contribution in [3.8, 4) is 0 Å². The van der Waals surface area contributed by atoms with Crippen LogP contribution in [0.3, 0.4) is 0 Å². The highest BCUT2D eigenvalue weighted by Crippen LogP contribution is 2.32. The highest BCUT2D eigenvalue weighted by atomic mass is 79.9. The smallest absolute Gasteiger partial charge is 0.237 e. The third-order valence-electron chi connectivity index (χ3n) is 3.40. The van der Waals surface area contributed by atoms with E-state index in [-0.39, 0.29) is 11.9 Å². The van der Waals surface area contributed by atoms with Gasteiger partial charge in [0.05, 0.1) is 12.6 Å². The molecule has 1 fully saturated rings. The molecule has 84 valence electrons.